The zero-order valence-electron chi connectivity index (χ0n) is 5.58. The lowest BCUT2D eigenvalue weighted by molar-refractivity contribution is 0.279. The van der Waals surface area contributed by atoms with Crippen LogP contribution in [0.4, 0.5) is 5.69 Å². The number of halogens is 1. The Kier molecular flexibility index (Phi) is 2.29. The number of benzene rings is 1. The molecule has 3 heteroatoms. The highest BCUT2D eigenvalue weighted by Gasteiger charge is 1.98. The molecule has 0 radical (unpaired) electrons. The molecule has 0 unspecified atom stereocenters. The Morgan fingerprint density at radius 1 is 1.40 bits per heavy atom. The third-order valence-corrected chi connectivity index (χ3v) is 1.87. The fraction of sp³-hybridized carbons (Fsp3) is 0.143. The number of hydroxylamine groups is 1. The van der Waals surface area contributed by atoms with E-state index in [1.54, 1.807) is 7.05 Å². The van der Waals surface area contributed by atoms with Gasteiger partial charge in [-0.05, 0) is 28.1 Å². The van der Waals surface area contributed by atoms with Crippen LogP contribution in [0.5, 0.6) is 0 Å². The van der Waals surface area contributed by atoms with Crippen LogP contribution in [0.2, 0.25) is 0 Å². The third-order valence-electron chi connectivity index (χ3n) is 1.20. The van der Waals surface area contributed by atoms with Crippen LogP contribution >= 0.6 is 15.9 Å². The van der Waals surface area contributed by atoms with E-state index in [1.165, 1.54) is 0 Å². The lowest BCUT2D eigenvalue weighted by Gasteiger charge is -2.10. The van der Waals surface area contributed by atoms with E-state index < -0.39 is 0 Å². The van der Waals surface area contributed by atoms with Gasteiger partial charge in [-0.15, -0.1) is 0 Å². The summed E-state index contributed by atoms with van der Waals surface area (Å²) in [5.74, 6) is 0. The molecule has 0 aromatic heterocycles. The summed E-state index contributed by atoms with van der Waals surface area (Å²) in [6, 6.07) is 7.47. The molecule has 0 atom stereocenters. The van der Waals surface area contributed by atoms with Gasteiger partial charge in [0, 0.05) is 11.5 Å². The van der Waals surface area contributed by atoms with E-state index in [0.717, 1.165) is 15.2 Å². The lowest BCUT2D eigenvalue weighted by atomic mass is 10.3. The van der Waals surface area contributed by atoms with Crippen molar-refractivity contribution >= 4 is 21.6 Å². The summed E-state index contributed by atoms with van der Waals surface area (Å²) in [4.78, 5) is 0. The minimum absolute atomic E-state index is 0.766. The Balaban J connectivity index is 3.03. The molecule has 1 rings (SSSR count). The minimum Gasteiger partial charge on any atom is -0.289 e. The Morgan fingerprint density at radius 3 is 2.40 bits per heavy atom. The molecule has 0 spiro atoms. The summed E-state index contributed by atoms with van der Waals surface area (Å²) in [6.07, 6.45) is 0. The maximum Gasteiger partial charge on any atom is 0.0772 e. The topological polar surface area (TPSA) is 23.5 Å². The van der Waals surface area contributed by atoms with Crippen molar-refractivity contribution in [1.82, 2.24) is 0 Å². The van der Waals surface area contributed by atoms with Crippen LogP contribution in [0, 0.1) is 0 Å². The number of nitrogens with zero attached hydrogens (tertiary/aromatic N) is 1. The second kappa shape index (κ2) is 3.03. The van der Waals surface area contributed by atoms with Crippen molar-refractivity contribution in [1.29, 1.82) is 0 Å². The molecule has 0 fully saturated rings. The van der Waals surface area contributed by atoms with Crippen molar-refractivity contribution in [3.63, 3.8) is 0 Å². The van der Waals surface area contributed by atoms with Gasteiger partial charge in [0.25, 0.3) is 0 Å². The molecular weight excluding hydrogens is 194 g/mol. The van der Waals surface area contributed by atoms with Gasteiger partial charge in [-0.2, -0.15) is 0 Å². The number of para-hydroxylation sites is 1. The Labute approximate surface area is 68.2 Å². The van der Waals surface area contributed by atoms with Crippen molar-refractivity contribution in [3.05, 3.63) is 28.7 Å². The summed E-state index contributed by atoms with van der Waals surface area (Å²) < 4.78 is 0.889. The fourth-order valence-corrected chi connectivity index (χ4v) is 1.26. The second-order valence-corrected chi connectivity index (χ2v) is 2.83. The van der Waals surface area contributed by atoms with E-state index in [4.69, 9.17) is 5.21 Å². The lowest BCUT2D eigenvalue weighted by Crippen LogP contribution is -2.09. The Bertz CT molecular complexity index is 225. The molecule has 0 aliphatic heterocycles. The zero-order chi connectivity index (χ0) is 7.56. The molecule has 54 valence electrons. The monoisotopic (exact) mass is 201 g/mol. The van der Waals surface area contributed by atoms with Crippen molar-refractivity contribution in [2.45, 2.75) is 0 Å². The van der Waals surface area contributed by atoms with Gasteiger partial charge in [0.05, 0.1) is 5.69 Å². The molecule has 1 aromatic carbocycles. The maximum atomic E-state index is 9.01. The second-order valence-electron chi connectivity index (χ2n) is 1.98. The van der Waals surface area contributed by atoms with E-state index in [1.807, 2.05) is 24.3 Å². The van der Waals surface area contributed by atoms with E-state index >= 15 is 0 Å². The van der Waals surface area contributed by atoms with E-state index in [-0.39, 0.29) is 0 Å². The fourth-order valence-electron chi connectivity index (χ4n) is 0.714. The van der Waals surface area contributed by atoms with Crippen LogP contribution in [-0.2, 0) is 0 Å². The van der Waals surface area contributed by atoms with Crippen LogP contribution in [0.25, 0.3) is 0 Å². The number of hydrogen-bond donors (Lipinski definition) is 1. The van der Waals surface area contributed by atoms with E-state index in [0.29, 0.717) is 0 Å². The number of anilines is 1. The minimum atomic E-state index is 0.766. The SMILES string of the molecule is CN(O)c1ccccc1Br. The molecular formula is C7H8BrNO. The predicted octanol–water partition coefficient (Wildman–Crippen LogP) is 2.27. The average molecular weight is 202 g/mol. The van der Waals surface area contributed by atoms with Gasteiger partial charge >= 0.3 is 0 Å². The van der Waals surface area contributed by atoms with Crippen molar-refractivity contribution in [2.75, 3.05) is 12.1 Å². The van der Waals surface area contributed by atoms with Crippen LogP contribution < -0.4 is 5.06 Å². The van der Waals surface area contributed by atoms with Gasteiger partial charge in [0.15, 0.2) is 0 Å². The van der Waals surface area contributed by atoms with E-state index in [2.05, 4.69) is 15.9 Å². The van der Waals surface area contributed by atoms with Gasteiger partial charge in [-0.25, -0.2) is 0 Å². The average Bonchev–Trinajstić information content (AvgIpc) is 1.88. The van der Waals surface area contributed by atoms with Crippen LogP contribution in [-0.4, -0.2) is 12.3 Å². The predicted molar refractivity (Wildman–Crippen MR) is 44.3 cm³/mol. The van der Waals surface area contributed by atoms with Crippen molar-refractivity contribution in [3.8, 4) is 0 Å². The van der Waals surface area contributed by atoms with Crippen LogP contribution in [0.3, 0.4) is 0 Å². The largest absolute Gasteiger partial charge is 0.289 e. The summed E-state index contributed by atoms with van der Waals surface area (Å²) in [5.41, 5.74) is 0.766. The van der Waals surface area contributed by atoms with Gasteiger partial charge in [-0.3, -0.25) is 10.3 Å². The summed E-state index contributed by atoms with van der Waals surface area (Å²) in [5, 5.41) is 10.1. The molecule has 0 saturated heterocycles. The first kappa shape index (κ1) is 7.57. The van der Waals surface area contributed by atoms with Gasteiger partial charge in [0.2, 0.25) is 0 Å². The molecule has 0 aliphatic rings. The Morgan fingerprint density at radius 2 is 2.00 bits per heavy atom. The first-order valence-corrected chi connectivity index (χ1v) is 3.68. The third kappa shape index (κ3) is 1.49. The molecule has 10 heavy (non-hydrogen) atoms. The van der Waals surface area contributed by atoms with E-state index in [9.17, 15) is 0 Å². The smallest absolute Gasteiger partial charge is 0.0772 e. The highest BCUT2D eigenvalue weighted by Crippen LogP contribution is 2.22. The van der Waals surface area contributed by atoms with Crippen LogP contribution in [0.1, 0.15) is 0 Å². The molecule has 0 aliphatic carbocycles. The van der Waals surface area contributed by atoms with Crippen LogP contribution in [0.15, 0.2) is 28.7 Å². The normalized spacial score (nSPS) is 9.50. The number of hydrogen-bond acceptors (Lipinski definition) is 2. The zero-order valence-corrected chi connectivity index (χ0v) is 7.17. The maximum absolute atomic E-state index is 9.01. The first-order valence-electron chi connectivity index (χ1n) is 2.89. The summed E-state index contributed by atoms with van der Waals surface area (Å²) in [7, 11) is 1.58. The molecule has 0 heterocycles. The molecule has 0 amide bonds. The highest BCUT2D eigenvalue weighted by atomic mass is 79.9. The summed E-state index contributed by atoms with van der Waals surface area (Å²) >= 11 is 3.30. The standard InChI is InChI=1S/C7H8BrNO/c1-9(10)7-5-3-2-4-6(7)8/h2-5,10H,1H3. The molecule has 1 N–H and O–H groups in total. The van der Waals surface area contributed by atoms with Gasteiger partial charge in [-0.1, -0.05) is 12.1 Å². The summed E-state index contributed by atoms with van der Waals surface area (Å²) in [6.45, 7) is 0. The van der Waals surface area contributed by atoms with Crippen molar-refractivity contribution in [2.24, 2.45) is 0 Å². The highest BCUT2D eigenvalue weighted by molar-refractivity contribution is 9.10. The van der Waals surface area contributed by atoms with Crippen molar-refractivity contribution < 1.29 is 5.21 Å². The molecule has 1 aromatic rings. The molecule has 0 bridgehead atoms. The molecule has 2 nitrogen and oxygen atoms in total. The number of rotatable bonds is 1. The first-order chi connectivity index (χ1) is 4.72. The van der Waals surface area contributed by atoms with Gasteiger partial charge < -0.3 is 0 Å². The molecule has 0 saturated carbocycles. The Hall–Kier alpha value is -0.540. The van der Waals surface area contributed by atoms with Gasteiger partial charge in [0.1, 0.15) is 0 Å². The quantitative estimate of drug-likeness (QED) is 0.706.